The molecule has 0 unspecified atom stereocenters. The van der Waals surface area contributed by atoms with Gasteiger partial charge in [0.05, 0.1) is 0 Å². The first-order valence-electron chi connectivity index (χ1n) is 34.7. The normalized spacial score (nSPS) is 12.2. The van der Waals surface area contributed by atoms with Gasteiger partial charge in [0.25, 0.3) is 0 Å². The molecule has 5 heteroatoms. The number of rotatable bonds is 10. The van der Waals surface area contributed by atoms with E-state index >= 15 is 0 Å². The van der Waals surface area contributed by atoms with Gasteiger partial charge in [0.1, 0.15) is 35.2 Å². The molecule has 10 rings (SSSR count). The van der Waals surface area contributed by atoms with Gasteiger partial charge >= 0.3 is 0 Å². The zero-order chi connectivity index (χ0) is 70.7. The molecular weight excluding hydrogens is 1100 g/mol. The summed E-state index contributed by atoms with van der Waals surface area (Å²) < 4.78 is 44.3. The van der Waals surface area contributed by atoms with Crippen molar-refractivity contribution < 1.29 is 28.3 Å². The molecular formula is C86H112N5+5. The Morgan fingerprint density at radius 2 is 0.615 bits per heavy atom. The van der Waals surface area contributed by atoms with Gasteiger partial charge in [-0.1, -0.05) is 167 Å². The van der Waals surface area contributed by atoms with E-state index in [2.05, 4.69) is 259 Å². The molecule has 0 saturated carbocycles. The Morgan fingerprint density at radius 1 is 0.319 bits per heavy atom. The van der Waals surface area contributed by atoms with Crippen LogP contribution < -0.4 is 22.8 Å². The predicted molar refractivity (Wildman–Crippen MR) is 387 cm³/mol. The number of aryl methyl sites for hydroxylation is 14. The number of pyridine rings is 5. The zero-order valence-corrected chi connectivity index (χ0v) is 60.1. The summed E-state index contributed by atoms with van der Waals surface area (Å²) in [6.07, 6.45) is 8.92. The highest BCUT2D eigenvalue weighted by Crippen LogP contribution is 2.29. The summed E-state index contributed by atoms with van der Waals surface area (Å²) in [5.74, 6) is 1.14. The van der Waals surface area contributed by atoms with Crippen LogP contribution >= 0.6 is 0 Å². The Balaban J connectivity index is 0.000000188. The van der Waals surface area contributed by atoms with Crippen molar-refractivity contribution in [2.45, 2.75) is 163 Å². The summed E-state index contributed by atoms with van der Waals surface area (Å²) in [6.45, 7) is 40.1. The van der Waals surface area contributed by atoms with Gasteiger partial charge in [0.2, 0.25) is 28.5 Å². The molecule has 0 spiro atoms. The third-order valence-electron chi connectivity index (χ3n) is 16.7. The lowest BCUT2D eigenvalue weighted by Gasteiger charge is -2.17. The summed E-state index contributed by atoms with van der Waals surface area (Å²) >= 11 is 0. The Kier molecular flexibility index (Phi) is 23.3. The lowest BCUT2D eigenvalue weighted by molar-refractivity contribution is -0.661. The molecule has 5 nitrogen and oxygen atoms in total. The van der Waals surface area contributed by atoms with Crippen molar-refractivity contribution in [2.75, 3.05) is 0 Å². The van der Waals surface area contributed by atoms with E-state index in [1.807, 2.05) is 126 Å². The fraction of sp³-hybridized carbons (Fsp3) is 0.360. The molecule has 0 aliphatic carbocycles. The van der Waals surface area contributed by atoms with Gasteiger partial charge < -0.3 is 0 Å². The van der Waals surface area contributed by atoms with Crippen LogP contribution in [-0.4, -0.2) is 0 Å². The van der Waals surface area contributed by atoms with Crippen LogP contribution in [0.15, 0.2) is 195 Å². The standard InChI is InChI=1S/2C18H24N.2C17H22N.C16H20N/c2*1-14-8-6-7-9-16(14)17-11-10-15(13-19(17)5)12-18(2,3)4;1-12(2)16-10-17(18(5)11-14(16)4)15-9-7-6-8-13(15)3;1-12(2)16-11-18(5)17(10-14(16)4)15-9-7-6-8-13(15)3;1-5-14-11-17(4)16(10-13(14)3)15-9-7-6-8-12(15)2/h2*6-11,13H,12H2,1-5H3;2*6-12H,1-5H3;6-11H,5H2,1-4H3/q5*+1/i2*12D2;;;. The van der Waals surface area contributed by atoms with Crippen LogP contribution in [-0.2, 0) is 54.4 Å². The smallest absolute Gasteiger partial charge is 0.201 e. The molecule has 0 atom stereocenters. The number of hydrogen-bond acceptors (Lipinski definition) is 0. The topological polar surface area (TPSA) is 19.4 Å². The van der Waals surface area contributed by atoms with Crippen molar-refractivity contribution >= 4 is 0 Å². The number of hydrogen-bond donors (Lipinski definition) is 0. The van der Waals surface area contributed by atoms with Gasteiger partial charge in [0, 0.05) is 91.4 Å². The SMILES string of the molecule is CCc1c[n+](C)c(-c2ccccc2C)cc1C.Cc1ccccc1-c1cc(C(C)C)c(C)c[n+]1C.Cc1ccccc1-c1cc(C)c(C(C)C)c[n+]1C.[2H]C([2H])(c1ccc(-c2ccccc2C)[n+](C)c1)C(C)(C)C.[2H]C([2H])(c1ccc(-c2ccccc2C)[n+](C)c1)C(C)(C)C. The summed E-state index contributed by atoms with van der Waals surface area (Å²) in [5, 5.41) is 0. The lowest BCUT2D eigenvalue weighted by atomic mass is 9.88. The monoisotopic (exact) mass is 1220 g/mol. The highest BCUT2D eigenvalue weighted by atomic mass is 14.9. The van der Waals surface area contributed by atoms with Crippen LogP contribution in [0.3, 0.4) is 0 Å². The van der Waals surface area contributed by atoms with E-state index in [0.29, 0.717) is 11.8 Å². The maximum atomic E-state index is 8.39. The van der Waals surface area contributed by atoms with Gasteiger partial charge in [-0.15, -0.1) is 0 Å². The average Bonchev–Trinajstić information content (AvgIpc) is 0.817. The summed E-state index contributed by atoms with van der Waals surface area (Å²) in [4.78, 5) is 0. The summed E-state index contributed by atoms with van der Waals surface area (Å²) in [7, 11) is 10.3. The highest BCUT2D eigenvalue weighted by Gasteiger charge is 2.22. The molecule has 0 N–H and O–H groups in total. The second-order valence-electron chi connectivity index (χ2n) is 27.6. The van der Waals surface area contributed by atoms with Crippen LogP contribution in [0.25, 0.3) is 56.3 Å². The molecule has 5 heterocycles. The lowest BCUT2D eigenvalue weighted by Crippen LogP contribution is -2.32. The van der Waals surface area contributed by atoms with Crippen LogP contribution in [0, 0.1) is 66.2 Å². The molecule has 0 fully saturated rings. The molecule has 0 bridgehead atoms. The van der Waals surface area contributed by atoms with Gasteiger partial charge in [0.15, 0.2) is 31.0 Å². The van der Waals surface area contributed by atoms with Gasteiger partial charge in [-0.25, -0.2) is 22.8 Å². The van der Waals surface area contributed by atoms with Crippen molar-refractivity contribution in [3.05, 3.63) is 267 Å². The molecule has 0 amide bonds. The first kappa shape index (κ1) is 65.8. The Morgan fingerprint density at radius 3 is 0.934 bits per heavy atom. The average molecular weight is 1220 g/mol. The number of aromatic nitrogens is 5. The molecule has 0 radical (unpaired) electrons. The third kappa shape index (κ3) is 20.2. The van der Waals surface area contributed by atoms with E-state index in [4.69, 9.17) is 5.48 Å². The third-order valence-corrected chi connectivity index (χ3v) is 16.7. The van der Waals surface area contributed by atoms with Gasteiger partial charge in [-0.2, -0.15) is 0 Å². The second-order valence-corrected chi connectivity index (χ2v) is 27.6. The number of benzene rings is 5. The van der Waals surface area contributed by atoms with Crippen LogP contribution in [0.2, 0.25) is 0 Å². The molecule has 10 aromatic rings. The van der Waals surface area contributed by atoms with E-state index in [0.717, 1.165) is 28.9 Å². The fourth-order valence-corrected chi connectivity index (χ4v) is 11.9. The molecule has 0 aliphatic heterocycles. The first-order valence-corrected chi connectivity index (χ1v) is 32.7. The van der Waals surface area contributed by atoms with Crippen molar-refractivity contribution in [2.24, 2.45) is 46.1 Å². The minimum atomic E-state index is -1.37. The Hall–Kier alpha value is -8.15. The molecule has 91 heavy (non-hydrogen) atoms. The quantitative estimate of drug-likeness (QED) is 0.122. The number of nitrogens with zero attached hydrogens (tertiary/aromatic N) is 5. The van der Waals surface area contributed by atoms with Crippen LogP contribution in [0.4, 0.5) is 0 Å². The van der Waals surface area contributed by atoms with Crippen molar-refractivity contribution in [3.63, 3.8) is 0 Å². The molecule has 0 aliphatic rings. The van der Waals surface area contributed by atoms with E-state index in [1.165, 1.54) is 106 Å². The largest absolute Gasteiger partial charge is 0.212 e. The van der Waals surface area contributed by atoms with E-state index in [-0.39, 0.29) is 0 Å². The summed E-state index contributed by atoms with van der Waals surface area (Å²) in [6, 6.07) is 57.0. The zero-order valence-electron chi connectivity index (χ0n) is 64.1. The van der Waals surface area contributed by atoms with E-state index < -0.39 is 23.6 Å². The maximum Gasteiger partial charge on any atom is 0.212 e. The van der Waals surface area contributed by atoms with Crippen molar-refractivity contribution in [1.82, 2.24) is 0 Å². The fourth-order valence-electron chi connectivity index (χ4n) is 11.9. The van der Waals surface area contributed by atoms with Gasteiger partial charge in [-0.05, 0) is 184 Å². The van der Waals surface area contributed by atoms with Crippen LogP contribution in [0.5, 0.6) is 0 Å². The first-order chi connectivity index (χ1) is 44.4. The Labute approximate surface area is 557 Å². The molecule has 5 aromatic heterocycles. The van der Waals surface area contributed by atoms with E-state index in [9.17, 15) is 0 Å². The summed E-state index contributed by atoms with van der Waals surface area (Å²) in [5.41, 5.74) is 27.8. The maximum absolute atomic E-state index is 8.39. The van der Waals surface area contributed by atoms with Crippen molar-refractivity contribution in [3.8, 4) is 56.3 Å². The minimum absolute atomic E-state index is 0.440. The molecule has 5 aromatic carbocycles. The highest BCUT2D eigenvalue weighted by molar-refractivity contribution is 5.65. The van der Waals surface area contributed by atoms with Gasteiger partial charge in [-0.3, -0.25) is 0 Å². The predicted octanol–water partition coefficient (Wildman–Crippen LogP) is 19.3. The Bertz CT molecular complexity index is 4140. The van der Waals surface area contributed by atoms with E-state index in [1.54, 1.807) is 0 Å². The molecule has 0 saturated heterocycles. The van der Waals surface area contributed by atoms with Crippen molar-refractivity contribution in [1.29, 1.82) is 0 Å². The minimum Gasteiger partial charge on any atom is -0.201 e. The van der Waals surface area contributed by atoms with Crippen LogP contribution in [0.1, 0.15) is 166 Å². The second kappa shape index (κ2) is 32.2. The molecule has 476 valence electrons.